The molecule has 2 aliphatic rings. The molecule has 0 aliphatic heterocycles. The largest absolute Gasteiger partial charge is 0.513 e. The maximum absolute atomic E-state index is 5.54. The number of hydrogen-bond acceptors (Lipinski definition) is 4. The van der Waals surface area contributed by atoms with E-state index in [-0.39, 0.29) is 12.0 Å². The highest BCUT2D eigenvalue weighted by molar-refractivity contribution is 5.98. The van der Waals surface area contributed by atoms with Crippen molar-refractivity contribution in [3.63, 3.8) is 0 Å². The van der Waals surface area contributed by atoms with Crippen molar-refractivity contribution in [3.05, 3.63) is 11.7 Å². The van der Waals surface area contributed by atoms with E-state index in [1.165, 1.54) is 44.9 Å². The number of hydrogen-bond donors (Lipinski definition) is 0. The van der Waals surface area contributed by atoms with Crippen LogP contribution in [0.15, 0.2) is 4.52 Å². The summed E-state index contributed by atoms with van der Waals surface area (Å²) in [4.78, 5) is 4.69. The molecule has 2 radical (unpaired) electrons. The third-order valence-electron chi connectivity index (χ3n) is 4.62. The van der Waals surface area contributed by atoms with Crippen molar-refractivity contribution in [1.82, 2.24) is 10.1 Å². The van der Waals surface area contributed by atoms with Gasteiger partial charge in [0.15, 0.2) is 5.82 Å². The van der Waals surface area contributed by atoms with Gasteiger partial charge in [-0.15, -0.1) is 0 Å². The molecule has 0 aromatic carbocycles. The molecule has 0 N–H and O–H groups in total. The Balaban J connectivity index is 1.72. The SMILES string of the molecule is [Al][O]C1CCCCC1c1nc(C2CCCCC2)no1. The average Bonchev–Trinajstić information content (AvgIpc) is 2.98. The molecule has 102 valence electrons. The molecule has 0 spiro atoms. The van der Waals surface area contributed by atoms with Gasteiger partial charge in [0.2, 0.25) is 5.89 Å². The topological polar surface area (TPSA) is 48.2 Å². The highest BCUT2D eigenvalue weighted by Gasteiger charge is 2.31. The Morgan fingerprint density at radius 1 is 1.00 bits per heavy atom. The summed E-state index contributed by atoms with van der Waals surface area (Å²) in [5.41, 5.74) is 0. The van der Waals surface area contributed by atoms with Gasteiger partial charge in [0.1, 0.15) is 0 Å². The first kappa shape index (κ1) is 13.6. The minimum atomic E-state index is 0.221. The van der Waals surface area contributed by atoms with Crippen molar-refractivity contribution < 1.29 is 8.31 Å². The Kier molecular flexibility index (Phi) is 4.58. The van der Waals surface area contributed by atoms with Gasteiger partial charge in [0.05, 0.1) is 5.92 Å². The van der Waals surface area contributed by atoms with Gasteiger partial charge in [-0.1, -0.05) is 37.3 Å². The molecule has 3 rings (SSSR count). The van der Waals surface area contributed by atoms with Crippen molar-refractivity contribution >= 4 is 16.6 Å². The molecule has 19 heavy (non-hydrogen) atoms. The molecule has 4 nitrogen and oxygen atoms in total. The molecule has 2 aliphatic carbocycles. The Morgan fingerprint density at radius 2 is 1.74 bits per heavy atom. The van der Waals surface area contributed by atoms with Gasteiger partial charge in [0, 0.05) is 12.0 Å². The summed E-state index contributed by atoms with van der Waals surface area (Å²) in [6.45, 7) is 0. The third kappa shape index (κ3) is 3.04. The smallest absolute Gasteiger partial charge is 0.369 e. The molecule has 5 heteroatoms. The molecule has 2 fully saturated rings. The number of aromatic nitrogens is 2. The van der Waals surface area contributed by atoms with Crippen LogP contribution in [0.2, 0.25) is 0 Å². The van der Waals surface area contributed by atoms with Crippen molar-refractivity contribution in [2.75, 3.05) is 0 Å². The van der Waals surface area contributed by atoms with Crippen LogP contribution in [0, 0.1) is 0 Å². The van der Waals surface area contributed by atoms with Crippen molar-refractivity contribution in [1.29, 1.82) is 0 Å². The van der Waals surface area contributed by atoms with E-state index in [1.807, 2.05) is 0 Å². The zero-order valence-electron chi connectivity index (χ0n) is 11.4. The predicted molar refractivity (Wildman–Crippen MR) is 72.0 cm³/mol. The first-order valence-corrected chi connectivity index (χ1v) is 8.04. The summed E-state index contributed by atoms with van der Waals surface area (Å²) in [6.07, 6.45) is 11.3. The normalized spacial score (nSPS) is 29.5. The lowest BCUT2D eigenvalue weighted by Gasteiger charge is -2.29. The van der Waals surface area contributed by atoms with Crippen LogP contribution in [-0.2, 0) is 3.79 Å². The molecule has 2 saturated carbocycles. The minimum absolute atomic E-state index is 0.221. The van der Waals surface area contributed by atoms with Crippen molar-refractivity contribution in [2.24, 2.45) is 0 Å². The first-order valence-electron chi connectivity index (χ1n) is 7.57. The molecule has 1 heterocycles. The number of rotatable bonds is 3. The standard InChI is InChI=1S/C14H21N2O2.Al/c17-12-9-5-4-8-11(12)14-15-13(16-18-14)10-6-2-1-3-7-10;/h10-12H,1-9H2;/q-1;+1. The van der Waals surface area contributed by atoms with Gasteiger partial charge in [-0.25, -0.2) is 0 Å². The van der Waals surface area contributed by atoms with E-state index in [4.69, 9.17) is 8.31 Å². The van der Waals surface area contributed by atoms with Gasteiger partial charge in [-0.3, -0.25) is 0 Å². The Morgan fingerprint density at radius 3 is 2.53 bits per heavy atom. The summed E-state index contributed by atoms with van der Waals surface area (Å²) in [5, 5.41) is 4.24. The van der Waals surface area contributed by atoms with E-state index in [1.54, 1.807) is 0 Å². The Bertz CT molecular complexity index is 404. The van der Waals surface area contributed by atoms with Crippen molar-refractivity contribution in [3.8, 4) is 0 Å². The van der Waals surface area contributed by atoms with Crippen LogP contribution >= 0.6 is 0 Å². The van der Waals surface area contributed by atoms with Gasteiger partial charge < -0.3 is 8.31 Å². The molecule has 0 bridgehead atoms. The zero-order valence-corrected chi connectivity index (χ0v) is 12.5. The highest BCUT2D eigenvalue weighted by Crippen LogP contribution is 2.36. The fourth-order valence-corrected chi connectivity index (χ4v) is 3.79. The van der Waals surface area contributed by atoms with Crippen LogP contribution in [0.25, 0.3) is 0 Å². The van der Waals surface area contributed by atoms with Crippen LogP contribution < -0.4 is 0 Å². The maximum atomic E-state index is 5.54. The molecule has 2 atom stereocenters. The Labute approximate surface area is 123 Å². The molecule has 2 unspecified atom stereocenters. The van der Waals surface area contributed by atoms with Gasteiger partial charge in [-0.2, -0.15) is 4.98 Å². The molecule has 0 saturated heterocycles. The maximum Gasteiger partial charge on any atom is 0.369 e. The van der Waals surface area contributed by atoms with E-state index < -0.39 is 0 Å². The molecular formula is C14H21AlN2O2. The van der Waals surface area contributed by atoms with Gasteiger partial charge in [-0.05, 0) is 25.7 Å². The highest BCUT2D eigenvalue weighted by atomic mass is 27.1. The average molecular weight is 276 g/mol. The summed E-state index contributed by atoms with van der Waals surface area (Å²) < 4.78 is 11.0. The third-order valence-corrected chi connectivity index (χ3v) is 4.97. The lowest BCUT2D eigenvalue weighted by molar-refractivity contribution is 0.123. The lowest BCUT2D eigenvalue weighted by Crippen LogP contribution is -2.25. The van der Waals surface area contributed by atoms with E-state index >= 15 is 0 Å². The molecule has 1 aromatic rings. The van der Waals surface area contributed by atoms with Crippen LogP contribution in [0.3, 0.4) is 0 Å². The van der Waals surface area contributed by atoms with Crippen LogP contribution in [-0.4, -0.2) is 32.9 Å². The van der Waals surface area contributed by atoms with Gasteiger partial charge >= 0.3 is 16.6 Å². The summed E-state index contributed by atoms with van der Waals surface area (Å²) in [5.74, 6) is 2.54. The van der Waals surface area contributed by atoms with Crippen LogP contribution in [0.4, 0.5) is 0 Å². The monoisotopic (exact) mass is 276 g/mol. The van der Waals surface area contributed by atoms with Crippen LogP contribution in [0.1, 0.15) is 81.3 Å². The fraction of sp³-hybridized carbons (Fsp3) is 0.857. The summed E-state index contributed by atoms with van der Waals surface area (Å²) in [6, 6.07) is 0. The van der Waals surface area contributed by atoms with Crippen LogP contribution in [0.5, 0.6) is 0 Å². The van der Waals surface area contributed by atoms with Crippen molar-refractivity contribution in [2.45, 2.75) is 75.7 Å². The quantitative estimate of drug-likeness (QED) is 0.795. The molecule has 1 aromatic heterocycles. The predicted octanol–water partition coefficient (Wildman–Crippen LogP) is 3.24. The second-order valence-electron chi connectivity index (χ2n) is 5.89. The zero-order chi connectivity index (χ0) is 13.1. The van der Waals surface area contributed by atoms with E-state index in [0.29, 0.717) is 5.92 Å². The lowest BCUT2D eigenvalue weighted by atomic mass is 9.86. The minimum Gasteiger partial charge on any atom is -0.513 e. The second-order valence-corrected chi connectivity index (χ2v) is 6.16. The second kappa shape index (κ2) is 6.39. The van der Waals surface area contributed by atoms with E-state index in [0.717, 1.165) is 24.6 Å². The number of nitrogens with zero attached hydrogens (tertiary/aromatic N) is 2. The first-order chi connectivity index (χ1) is 9.38. The summed E-state index contributed by atoms with van der Waals surface area (Å²) in [7, 11) is 0. The van der Waals surface area contributed by atoms with Gasteiger partial charge in [0.25, 0.3) is 0 Å². The van der Waals surface area contributed by atoms with E-state index in [9.17, 15) is 0 Å². The molecule has 0 amide bonds. The Hall–Kier alpha value is -0.368. The van der Waals surface area contributed by atoms with E-state index in [2.05, 4.69) is 26.8 Å². The summed E-state index contributed by atoms with van der Waals surface area (Å²) >= 11 is 2.39. The fourth-order valence-electron chi connectivity index (χ4n) is 3.47. The molecular weight excluding hydrogens is 255 g/mol.